The Morgan fingerprint density at radius 3 is 2.59 bits per heavy atom. The molecule has 2 heterocycles. The Kier molecular flexibility index (Phi) is 4.52. The summed E-state index contributed by atoms with van der Waals surface area (Å²) in [6.07, 6.45) is 3.98. The summed E-state index contributed by atoms with van der Waals surface area (Å²) in [5.74, 6) is 0. The number of nitrogens with one attached hydrogen (secondary N) is 2. The number of urea groups is 1. The van der Waals surface area contributed by atoms with Crippen LogP contribution in [0, 0.1) is 6.92 Å². The molecule has 0 unspecified atom stereocenters. The van der Waals surface area contributed by atoms with Gasteiger partial charge in [0.05, 0.1) is 16.4 Å². The van der Waals surface area contributed by atoms with E-state index in [0.717, 1.165) is 16.9 Å². The molecule has 0 saturated heterocycles. The van der Waals surface area contributed by atoms with Crippen molar-refractivity contribution < 1.29 is 4.79 Å². The zero-order valence-corrected chi connectivity index (χ0v) is 15.4. The Balaban J connectivity index is 1.48. The van der Waals surface area contributed by atoms with Gasteiger partial charge in [0, 0.05) is 23.6 Å². The Bertz CT molecular complexity index is 1120. The van der Waals surface area contributed by atoms with Crippen LogP contribution in [0.4, 0.5) is 16.2 Å². The van der Waals surface area contributed by atoms with E-state index >= 15 is 0 Å². The number of pyridine rings is 1. The zero-order valence-electron chi connectivity index (χ0n) is 14.6. The number of hydrogen-bond acceptors (Lipinski definition) is 2. The smallest absolute Gasteiger partial charge is 0.308 e. The maximum absolute atomic E-state index is 12.1. The lowest BCUT2D eigenvalue weighted by atomic mass is 10.1. The lowest BCUT2D eigenvalue weighted by Gasteiger charge is -2.09. The number of carbonyl (C=O) groups is 1. The minimum absolute atomic E-state index is 0.348. The monoisotopic (exact) mass is 376 g/mol. The van der Waals surface area contributed by atoms with Gasteiger partial charge < -0.3 is 15.0 Å². The summed E-state index contributed by atoms with van der Waals surface area (Å²) >= 11 is 6.05. The summed E-state index contributed by atoms with van der Waals surface area (Å²) in [4.78, 5) is 16.8. The zero-order chi connectivity index (χ0) is 18.8. The molecule has 4 rings (SSSR count). The van der Waals surface area contributed by atoms with E-state index in [2.05, 4.69) is 15.6 Å². The summed E-state index contributed by atoms with van der Waals surface area (Å²) in [7, 11) is 0. The molecule has 0 bridgehead atoms. The van der Waals surface area contributed by atoms with Crippen LogP contribution in [0.3, 0.4) is 0 Å². The molecule has 2 N–H and O–H groups in total. The number of aryl methyl sites for hydroxylation is 1. The number of nitrogens with zero attached hydrogens (tertiary/aromatic N) is 2. The van der Waals surface area contributed by atoms with Crippen molar-refractivity contribution >= 4 is 34.7 Å². The number of benzene rings is 2. The molecule has 2 amide bonds. The number of amides is 2. The average molecular weight is 377 g/mol. The summed E-state index contributed by atoms with van der Waals surface area (Å²) in [5, 5.41) is 6.02. The number of halogens is 1. The highest BCUT2D eigenvalue weighted by atomic mass is 35.5. The van der Waals surface area contributed by atoms with Crippen molar-refractivity contribution in [3.05, 3.63) is 83.6 Å². The maximum Gasteiger partial charge on any atom is 0.323 e. The first-order valence-corrected chi connectivity index (χ1v) is 8.85. The van der Waals surface area contributed by atoms with Crippen LogP contribution in [0.5, 0.6) is 0 Å². The molecule has 0 radical (unpaired) electrons. The highest BCUT2D eigenvalue weighted by Crippen LogP contribution is 2.23. The molecule has 6 heteroatoms. The molecule has 5 nitrogen and oxygen atoms in total. The van der Waals surface area contributed by atoms with Gasteiger partial charge in [0.1, 0.15) is 5.65 Å². The molecule has 27 heavy (non-hydrogen) atoms. The number of imidazole rings is 1. The second-order valence-electron chi connectivity index (χ2n) is 6.23. The summed E-state index contributed by atoms with van der Waals surface area (Å²) in [5.41, 5.74) is 5.19. The third-order valence-electron chi connectivity index (χ3n) is 4.18. The van der Waals surface area contributed by atoms with Gasteiger partial charge in [-0.25, -0.2) is 9.78 Å². The molecule has 0 spiro atoms. The average Bonchev–Trinajstić information content (AvgIpc) is 3.07. The molecular weight excluding hydrogens is 360 g/mol. The molecule has 134 valence electrons. The molecule has 2 aromatic heterocycles. The SMILES string of the molecule is Cc1ccn2cc(-c3ccc(NC(=O)Nc4ccccc4Cl)cc3)nc2c1. The maximum atomic E-state index is 12.1. The quantitative estimate of drug-likeness (QED) is 0.488. The van der Waals surface area contributed by atoms with E-state index in [9.17, 15) is 4.79 Å². The van der Waals surface area contributed by atoms with Crippen LogP contribution in [0.15, 0.2) is 73.1 Å². The predicted molar refractivity (Wildman–Crippen MR) is 109 cm³/mol. The standard InChI is InChI=1S/C21H17ClN4O/c1-14-10-11-26-13-19(24-20(26)12-14)15-6-8-16(9-7-15)23-21(27)25-18-5-3-2-4-17(18)22/h2-13H,1H3,(H2,23,25,27). The molecule has 0 aliphatic rings. The largest absolute Gasteiger partial charge is 0.323 e. The van der Waals surface area contributed by atoms with Crippen LogP contribution in [-0.4, -0.2) is 15.4 Å². The molecule has 4 aromatic rings. The first kappa shape index (κ1) is 17.1. The van der Waals surface area contributed by atoms with Gasteiger partial charge in [-0.05, 0) is 48.9 Å². The van der Waals surface area contributed by atoms with Crippen LogP contribution >= 0.6 is 11.6 Å². The van der Waals surface area contributed by atoms with Crippen molar-refractivity contribution in [2.24, 2.45) is 0 Å². The minimum Gasteiger partial charge on any atom is -0.308 e. The molecule has 2 aromatic carbocycles. The molecule has 0 aliphatic carbocycles. The van der Waals surface area contributed by atoms with E-state index in [0.29, 0.717) is 16.4 Å². The number of para-hydroxylation sites is 1. The van der Waals surface area contributed by atoms with Gasteiger partial charge in [-0.15, -0.1) is 0 Å². The van der Waals surface area contributed by atoms with Gasteiger partial charge in [-0.2, -0.15) is 0 Å². The van der Waals surface area contributed by atoms with Gasteiger partial charge in [-0.1, -0.05) is 35.9 Å². The topological polar surface area (TPSA) is 58.4 Å². The van der Waals surface area contributed by atoms with Crippen LogP contribution in [0.1, 0.15) is 5.56 Å². The third-order valence-corrected chi connectivity index (χ3v) is 4.51. The van der Waals surface area contributed by atoms with E-state index in [1.54, 1.807) is 12.1 Å². The number of rotatable bonds is 3. The highest BCUT2D eigenvalue weighted by molar-refractivity contribution is 6.33. The molecule has 0 fully saturated rings. The lowest BCUT2D eigenvalue weighted by molar-refractivity contribution is 0.262. The van der Waals surface area contributed by atoms with Gasteiger partial charge in [0.2, 0.25) is 0 Å². The van der Waals surface area contributed by atoms with E-state index in [1.807, 2.05) is 72.2 Å². The van der Waals surface area contributed by atoms with Crippen LogP contribution in [0.25, 0.3) is 16.9 Å². The number of carbonyl (C=O) groups excluding carboxylic acids is 1. The predicted octanol–water partition coefficient (Wildman–Crippen LogP) is 5.61. The second kappa shape index (κ2) is 7.13. The summed E-state index contributed by atoms with van der Waals surface area (Å²) in [6, 6.07) is 18.4. The number of hydrogen-bond donors (Lipinski definition) is 2. The minimum atomic E-state index is -0.348. The fraction of sp³-hybridized carbons (Fsp3) is 0.0476. The molecular formula is C21H17ClN4O. The van der Waals surface area contributed by atoms with E-state index in [4.69, 9.17) is 11.6 Å². The Hall–Kier alpha value is -3.31. The first-order valence-electron chi connectivity index (χ1n) is 8.47. The van der Waals surface area contributed by atoms with Gasteiger partial charge in [-0.3, -0.25) is 0 Å². The molecule has 0 aliphatic heterocycles. The van der Waals surface area contributed by atoms with Crippen LogP contribution in [-0.2, 0) is 0 Å². The van der Waals surface area contributed by atoms with Gasteiger partial charge in [0.25, 0.3) is 0 Å². The molecule has 0 saturated carbocycles. The van der Waals surface area contributed by atoms with E-state index in [1.165, 1.54) is 5.56 Å². The first-order chi connectivity index (χ1) is 13.1. The third kappa shape index (κ3) is 3.78. The normalized spacial score (nSPS) is 10.7. The van der Waals surface area contributed by atoms with Gasteiger partial charge >= 0.3 is 6.03 Å². The summed E-state index contributed by atoms with van der Waals surface area (Å²) < 4.78 is 1.99. The number of fused-ring (bicyclic) bond motifs is 1. The highest BCUT2D eigenvalue weighted by Gasteiger charge is 2.07. The van der Waals surface area contributed by atoms with Crippen molar-refractivity contribution in [2.75, 3.05) is 10.6 Å². The van der Waals surface area contributed by atoms with Crippen molar-refractivity contribution in [3.63, 3.8) is 0 Å². The van der Waals surface area contributed by atoms with Crippen molar-refractivity contribution in [1.82, 2.24) is 9.38 Å². The Morgan fingerprint density at radius 2 is 1.81 bits per heavy atom. The fourth-order valence-electron chi connectivity index (χ4n) is 2.79. The van der Waals surface area contributed by atoms with Crippen molar-refractivity contribution in [2.45, 2.75) is 6.92 Å². The van der Waals surface area contributed by atoms with Crippen LogP contribution in [0.2, 0.25) is 5.02 Å². The van der Waals surface area contributed by atoms with E-state index < -0.39 is 0 Å². The fourth-order valence-corrected chi connectivity index (χ4v) is 2.98. The van der Waals surface area contributed by atoms with Crippen LogP contribution < -0.4 is 10.6 Å². The lowest BCUT2D eigenvalue weighted by Crippen LogP contribution is -2.19. The van der Waals surface area contributed by atoms with Crippen molar-refractivity contribution in [1.29, 1.82) is 0 Å². The Morgan fingerprint density at radius 1 is 1.04 bits per heavy atom. The number of aromatic nitrogens is 2. The van der Waals surface area contributed by atoms with Gasteiger partial charge in [0.15, 0.2) is 0 Å². The second-order valence-corrected chi connectivity index (χ2v) is 6.64. The molecule has 0 atom stereocenters. The Labute approximate surface area is 161 Å². The number of anilines is 2. The van der Waals surface area contributed by atoms with Crippen molar-refractivity contribution in [3.8, 4) is 11.3 Å². The summed E-state index contributed by atoms with van der Waals surface area (Å²) in [6.45, 7) is 2.04. The van der Waals surface area contributed by atoms with E-state index in [-0.39, 0.29) is 6.03 Å².